The lowest BCUT2D eigenvalue weighted by Crippen LogP contribution is -2.36. The van der Waals surface area contributed by atoms with Gasteiger partial charge in [0, 0.05) is 37.0 Å². The summed E-state index contributed by atoms with van der Waals surface area (Å²) in [4.78, 5) is 21.9. The molecular weight excluding hydrogens is 513 g/mol. The largest absolute Gasteiger partial charge is 0.378 e. The van der Waals surface area contributed by atoms with Crippen LogP contribution in [0.3, 0.4) is 0 Å². The number of halogens is 1. The van der Waals surface area contributed by atoms with E-state index < -0.39 is 17.5 Å². The van der Waals surface area contributed by atoms with Crippen molar-refractivity contribution >= 4 is 22.8 Å². The first-order chi connectivity index (χ1) is 18.9. The van der Waals surface area contributed by atoms with Crippen LogP contribution < -0.4 is 4.90 Å². The molecule has 6 rings (SSSR count). The number of hydrogen-bond donors (Lipinski definition) is 0. The van der Waals surface area contributed by atoms with Crippen molar-refractivity contribution in [1.29, 1.82) is 5.26 Å². The lowest BCUT2D eigenvalue weighted by atomic mass is 9.72. The van der Waals surface area contributed by atoms with Gasteiger partial charge in [0.2, 0.25) is 0 Å². The smallest absolute Gasteiger partial charge is 0.144 e. The summed E-state index contributed by atoms with van der Waals surface area (Å²) in [6.45, 7) is 5.07. The molecule has 0 N–H and O–H groups in total. The first kappa shape index (κ1) is 26.0. The Bertz CT molecular complexity index is 1370. The van der Waals surface area contributed by atoms with E-state index in [0.717, 1.165) is 71.7 Å². The molecule has 1 saturated heterocycles. The number of morpholine rings is 1. The number of aromatic nitrogens is 3. The Morgan fingerprint density at radius 3 is 2.59 bits per heavy atom. The van der Waals surface area contributed by atoms with Gasteiger partial charge < -0.3 is 9.64 Å². The number of nitriles is 1. The van der Waals surface area contributed by atoms with E-state index in [2.05, 4.69) is 45.4 Å². The van der Waals surface area contributed by atoms with Crippen molar-refractivity contribution in [3.63, 3.8) is 0 Å². The minimum atomic E-state index is -1.01. The van der Waals surface area contributed by atoms with Crippen molar-refractivity contribution in [2.75, 3.05) is 31.2 Å². The third-order valence-corrected chi connectivity index (χ3v) is 9.47. The molecule has 3 heterocycles. The minimum Gasteiger partial charge on any atom is -0.378 e. The van der Waals surface area contributed by atoms with Crippen molar-refractivity contribution < 1.29 is 13.9 Å². The van der Waals surface area contributed by atoms with Crippen LogP contribution in [0, 0.1) is 29.6 Å². The third kappa shape index (κ3) is 5.45. The summed E-state index contributed by atoms with van der Waals surface area (Å²) in [7, 11) is 0. The van der Waals surface area contributed by atoms with Crippen LogP contribution in [-0.4, -0.2) is 53.4 Å². The summed E-state index contributed by atoms with van der Waals surface area (Å²) in [5, 5.41) is 18.9. The van der Waals surface area contributed by atoms with Gasteiger partial charge >= 0.3 is 0 Å². The average molecular weight is 546 g/mol. The van der Waals surface area contributed by atoms with Gasteiger partial charge in [0.05, 0.1) is 41.0 Å². The van der Waals surface area contributed by atoms with Gasteiger partial charge in [-0.1, -0.05) is 12.1 Å². The molecule has 2 saturated carbocycles. The number of anilines is 1. The molecule has 7 nitrogen and oxygen atoms in total. The van der Waals surface area contributed by atoms with E-state index in [4.69, 9.17) is 9.72 Å². The molecule has 0 amide bonds. The van der Waals surface area contributed by atoms with E-state index in [9.17, 15) is 14.4 Å². The van der Waals surface area contributed by atoms with Gasteiger partial charge in [-0.3, -0.25) is 4.79 Å². The number of ketones is 1. The normalized spacial score (nSPS) is 24.2. The van der Waals surface area contributed by atoms with Crippen LogP contribution in [0.15, 0.2) is 36.4 Å². The topological polar surface area (TPSA) is 92.0 Å². The molecule has 202 valence electrons. The summed E-state index contributed by atoms with van der Waals surface area (Å²) < 4.78 is 20.2. The Balaban J connectivity index is 1.37. The lowest BCUT2D eigenvalue weighted by Gasteiger charge is -2.32. The SMILES string of the molecule is Cc1ccc(-c2nc([C@@H]3CC[C@H](F)C[C@H]3C(=O)CC3(C#N)CC3)c(-c3ccc(N4CCOCC4)cc3)s2)nn1. The summed E-state index contributed by atoms with van der Waals surface area (Å²) in [6.07, 6.45) is 1.85. The zero-order chi connectivity index (χ0) is 27.0. The Morgan fingerprint density at radius 2 is 1.92 bits per heavy atom. The van der Waals surface area contributed by atoms with Gasteiger partial charge in [-0.25, -0.2) is 9.37 Å². The van der Waals surface area contributed by atoms with Crippen molar-refractivity contribution in [3.05, 3.63) is 47.8 Å². The Labute approximate surface area is 232 Å². The molecule has 39 heavy (non-hydrogen) atoms. The zero-order valence-corrected chi connectivity index (χ0v) is 22.9. The van der Waals surface area contributed by atoms with Crippen LogP contribution in [0.1, 0.15) is 55.8 Å². The number of ether oxygens (including phenoxy) is 1. The van der Waals surface area contributed by atoms with Gasteiger partial charge in [0.15, 0.2) is 0 Å². The fraction of sp³-hybridized carbons (Fsp3) is 0.500. The van der Waals surface area contributed by atoms with Gasteiger partial charge in [-0.2, -0.15) is 10.4 Å². The number of hydrogen-bond acceptors (Lipinski definition) is 8. The fourth-order valence-electron chi connectivity index (χ4n) is 5.80. The molecule has 3 fully saturated rings. The van der Waals surface area contributed by atoms with Crippen LogP contribution in [0.2, 0.25) is 0 Å². The zero-order valence-electron chi connectivity index (χ0n) is 22.1. The molecule has 0 bridgehead atoms. The van der Waals surface area contributed by atoms with Gasteiger partial charge in [0.1, 0.15) is 22.7 Å². The van der Waals surface area contributed by atoms with E-state index in [1.807, 2.05) is 19.1 Å². The Hall–Kier alpha value is -3.22. The van der Waals surface area contributed by atoms with Crippen LogP contribution in [0.25, 0.3) is 21.1 Å². The second-order valence-electron chi connectivity index (χ2n) is 11.1. The predicted octanol–water partition coefficient (Wildman–Crippen LogP) is 5.90. The molecule has 0 unspecified atom stereocenters. The van der Waals surface area contributed by atoms with E-state index >= 15 is 0 Å². The number of nitrogens with zero attached hydrogens (tertiary/aromatic N) is 5. The molecule has 0 spiro atoms. The van der Waals surface area contributed by atoms with Crippen molar-refractivity contribution in [2.45, 2.75) is 57.5 Å². The highest BCUT2D eigenvalue weighted by Gasteiger charge is 2.48. The molecular formula is C30H32FN5O2S. The van der Waals surface area contributed by atoms with E-state index in [1.165, 1.54) is 0 Å². The molecule has 3 aliphatic rings. The quantitative estimate of drug-likeness (QED) is 0.365. The predicted molar refractivity (Wildman–Crippen MR) is 148 cm³/mol. The van der Waals surface area contributed by atoms with Crippen molar-refractivity contribution in [2.24, 2.45) is 11.3 Å². The number of aryl methyl sites for hydroxylation is 1. The van der Waals surface area contributed by atoms with Crippen LogP contribution in [0.5, 0.6) is 0 Å². The molecule has 2 aliphatic carbocycles. The van der Waals surface area contributed by atoms with Crippen LogP contribution in [0.4, 0.5) is 10.1 Å². The van der Waals surface area contributed by atoms with E-state index in [1.54, 1.807) is 11.3 Å². The second kappa shape index (κ2) is 10.7. The first-order valence-corrected chi connectivity index (χ1v) is 14.6. The summed E-state index contributed by atoms with van der Waals surface area (Å²) >= 11 is 1.55. The Morgan fingerprint density at radius 1 is 1.15 bits per heavy atom. The maximum atomic E-state index is 14.7. The minimum absolute atomic E-state index is 0.000284. The lowest BCUT2D eigenvalue weighted by molar-refractivity contribution is -0.126. The first-order valence-electron chi connectivity index (χ1n) is 13.8. The maximum absolute atomic E-state index is 14.7. The molecule has 3 atom stereocenters. The van der Waals surface area contributed by atoms with E-state index in [0.29, 0.717) is 18.5 Å². The fourth-order valence-corrected chi connectivity index (χ4v) is 6.91. The highest BCUT2D eigenvalue weighted by atomic mass is 32.1. The highest BCUT2D eigenvalue weighted by molar-refractivity contribution is 7.18. The van der Waals surface area contributed by atoms with Crippen LogP contribution in [-0.2, 0) is 9.53 Å². The number of benzene rings is 1. The standard InChI is InChI=1S/C30H32FN5O2S/c1-19-2-9-25(35-34-19)29-33-27(23-8-5-21(31)16-24(23)26(37)17-30(18-32)10-11-30)28(39-29)20-3-6-22(7-4-20)36-12-14-38-15-13-36/h2-4,6-7,9,21,23-24H,5,8,10-17H2,1H3/t21-,23+,24+/m0/s1. The number of carbonyl (C=O) groups is 1. The third-order valence-electron chi connectivity index (χ3n) is 8.33. The van der Waals surface area contributed by atoms with Crippen molar-refractivity contribution in [1.82, 2.24) is 15.2 Å². The molecule has 0 radical (unpaired) electrons. The maximum Gasteiger partial charge on any atom is 0.144 e. The average Bonchev–Trinajstić information content (AvgIpc) is 3.61. The molecule has 1 aromatic carbocycles. The summed E-state index contributed by atoms with van der Waals surface area (Å²) in [5.41, 5.74) is 3.97. The second-order valence-corrected chi connectivity index (χ2v) is 12.1. The molecule has 3 aromatic rings. The van der Waals surface area contributed by atoms with Gasteiger partial charge in [-0.05, 0) is 68.9 Å². The number of thiazole rings is 1. The number of carbonyl (C=O) groups excluding carboxylic acids is 1. The number of alkyl halides is 1. The van der Waals surface area contributed by atoms with E-state index in [-0.39, 0.29) is 24.5 Å². The molecule has 9 heteroatoms. The molecule has 2 aromatic heterocycles. The highest BCUT2D eigenvalue weighted by Crippen LogP contribution is 2.52. The summed E-state index contributed by atoms with van der Waals surface area (Å²) in [5.74, 6) is -0.680. The molecule has 1 aliphatic heterocycles. The van der Waals surface area contributed by atoms with Crippen molar-refractivity contribution in [3.8, 4) is 27.2 Å². The number of rotatable bonds is 7. The van der Waals surface area contributed by atoms with Gasteiger partial charge in [0.25, 0.3) is 0 Å². The Kier molecular flexibility index (Phi) is 7.17. The monoisotopic (exact) mass is 545 g/mol. The summed E-state index contributed by atoms with van der Waals surface area (Å²) in [6, 6.07) is 14.6. The van der Waals surface area contributed by atoms with Crippen LogP contribution >= 0.6 is 11.3 Å². The number of Topliss-reactive ketones (excluding diaryl/α,β-unsaturated/α-hetero) is 1. The van der Waals surface area contributed by atoms with Gasteiger partial charge in [-0.15, -0.1) is 16.4 Å².